The molecule has 0 amide bonds. The first kappa shape index (κ1) is 21.2. The molecular formula is C14H14F6IN3O2. The van der Waals surface area contributed by atoms with E-state index in [0.29, 0.717) is 5.01 Å². The van der Waals surface area contributed by atoms with Gasteiger partial charge in [-0.1, -0.05) is 29.5 Å². The fourth-order valence-corrected chi connectivity index (χ4v) is 3.72. The van der Waals surface area contributed by atoms with E-state index in [1.54, 1.807) is 22.6 Å². The first-order chi connectivity index (χ1) is 11.9. The van der Waals surface area contributed by atoms with Crippen molar-refractivity contribution in [2.24, 2.45) is 16.4 Å². The molecule has 0 aliphatic carbocycles. The number of halogens is 7. The maximum Gasteiger partial charge on any atom is 0.432 e. The highest BCUT2D eigenvalue weighted by atomic mass is 127. The minimum absolute atomic E-state index is 0.140. The van der Waals surface area contributed by atoms with Gasteiger partial charge < -0.3 is 10.2 Å². The Bertz CT molecular complexity index is 669. The number of anilines is 1. The number of hydrogen-bond donors (Lipinski definition) is 2. The van der Waals surface area contributed by atoms with Gasteiger partial charge in [0.05, 0.1) is 11.9 Å². The van der Waals surface area contributed by atoms with E-state index in [9.17, 15) is 36.6 Å². The number of rotatable bonds is 4. The van der Waals surface area contributed by atoms with Gasteiger partial charge in [0.25, 0.3) is 0 Å². The second-order valence-electron chi connectivity index (χ2n) is 5.81. The molecular weight excluding hydrogens is 483 g/mol. The predicted molar refractivity (Wildman–Crippen MR) is 88.8 cm³/mol. The Morgan fingerprint density at radius 1 is 1.31 bits per heavy atom. The summed E-state index contributed by atoms with van der Waals surface area (Å²) in [5.74, 6) is -1.41. The largest absolute Gasteiger partial charge is 0.432 e. The molecule has 1 aliphatic heterocycles. The molecule has 2 N–H and O–H groups in total. The molecule has 2 heterocycles. The number of pyridine rings is 1. The van der Waals surface area contributed by atoms with E-state index in [2.05, 4.69) is 10.1 Å². The van der Waals surface area contributed by atoms with Crippen molar-refractivity contribution in [1.82, 2.24) is 4.98 Å². The van der Waals surface area contributed by atoms with E-state index in [4.69, 9.17) is 0 Å². The first-order valence-corrected chi connectivity index (χ1v) is 8.75. The highest BCUT2D eigenvalue weighted by Crippen LogP contribution is 2.52. The zero-order chi connectivity index (χ0) is 19.9. The van der Waals surface area contributed by atoms with Gasteiger partial charge in [-0.2, -0.15) is 31.4 Å². The van der Waals surface area contributed by atoms with Crippen molar-refractivity contribution < 1.29 is 36.6 Å². The van der Waals surface area contributed by atoms with E-state index in [-0.39, 0.29) is 10.1 Å². The van der Waals surface area contributed by atoms with Gasteiger partial charge in [-0.05, 0) is 18.1 Å². The second kappa shape index (κ2) is 7.11. The number of nitrogens with zero attached hydrogens (tertiary/aromatic N) is 3. The maximum atomic E-state index is 13.6. The van der Waals surface area contributed by atoms with Crippen LogP contribution < -0.4 is 5.01 Å². The lowest BCUT2D eigenvalue weighted by atomic mass is 9.67. The van der Waals surface area contributed by atoms with Crippen molar-refractivity contribution in [3.05, 3.63) is 24.5 Å². The van der Waals surface area contributed by atoms with Gasteiger partial charge in [-0.3, -0.25) is 4.98 Å². The molecule has 0 spiro atoms. The Morgan fingerprint density at radius 3 is 2.35 bits per heavy atom. The van der Waals surface area contributed by atoms with Crippen molar-refractivity contribution in [2.75, 3.05) is 9.44 Å². The van der Waals surface area contributed by atoms with Gasteiger partial charge in [0, 0.05) is 10.6 Å². The van der Waals surface area contributed by atoms with E-state index >= 15 is 0 Å². The third kappa shape index (κ3) is 3.38. The molecule has 4 unspecified atom stereocenters. The molecule has 5 nitrogen and oxygen atoms in total. The van der Waals surface area contributed by atoms with Gasteiger partial charge >= 0.3 is 12.4 Å². The fourth-order valence-electron chi connectivity index (χ4n) is 2.99. The number of alkyl halides is 7. The minimum atomic E-state index is -5.40. The standard InChI is InChI=1S/C14H14F6IN3O2/c1-7(5-21)12(10(25)14(18,19)20)9(13(15,16)17)23-24(11(12)26)8-3-2-4-22-6-8/h2-4,6-7,10-11,25-26H,5H2,1H3. The van der Waals surface area contributed by atoms with Crippen LogP contribution in [0, 0.1) is 11.3 Å². The number of aromatic nitrogens is 1. The van der Waals surface area contributed by atoms with Gasteiger partial charge in [0.2, 0.25) is 0 Å². The summed E-state index contributed by atoms with van der Waals surface area (Å²) in [5.41, 5.74) is -5.14. The molecule has 12 heteroatoms. The van der Waals surface area contributed by atoms with Gasteiger partial charge in [0.1, 0.15) is 5.41 Å². The number of hydrazone groups is 1. The molecule has 0 radical (unpaired) electrons. The van der Waals surface area contributed by atoms with Crippen LogP contribution in [0.25, 0.3) is 0 Å². The third-order valence-corrected chi connectivity index (χ3v) is 5.59. The normalized spacial score (nSPS) is 26.6. The minimum Gasteiger partial charge on any atom is -0.383 e. The van der Waals surface area contributed by atoms with E-state index in [1.807, 2.05) is 0 Å². The summed E-state index contributed by atoms with van der Waals surface area (Å²) < 4.78 is 80.5. The van der Waals surface area contributed by atoms with Gasteiger partial charge in [-0.15, -0.1) is 0 Å². The molecule has 0 bridgehead atoms. The summed E-state index contributed by atoms with van der Waals surface area (Å²) in [6.07, 6.45) is -14.2. The lowest BCUT2D eigenvalue weighted by molar-refractivity contribution is -0.248. The molecule has 1 aromatic heterocycles. The fraction of sp³-hybridized carbons (Fsp3) is 0.571. The maximum absolute atomic E-state index is 13.6. The molecule has 4 atom stereocenters. The zero-order valence-electron chi connectivity index (χ0n) is 13.1. The first-order valence-electron chi connectivity index (χ1n) is 7.22. The summed E-state index contributed by atoms with van der Waals surface area (Å²) in [5, 5.41) is 24.1. The molecule has 146 valence electrons. The van der Waals surface area contributed by atoms with Crippen LogP contribution in [-0.4, -0.2) is 50.0 Å². The van der Waals surface area contributed by atoms with Crippen LogP contribution in [0.15, 0.2) is 29.6 Å². The third-order valence-electron chi connectivity index (χ3n) is 4.27. The predicted octanol–water partition coefficient (Wildman–Crippen LogP) is 3.12. The van der Waals surface area contributed by atoms with Gasteiger partial charge in [0.15, 0.2) is 18.0 Å². The summed E-state index contributed by atoms with van der Waals surface area (Å²) in [6, 6.07) is 2.56. The van der Waals surface area contributed by atoms with Crippen LogP contribution in [0.1, 0.15) is 6.92 Å². The average molecular weight is 497 g/mol. The molecule has 0 fully saturated rings. The van der Waals surface area contributed by atoms with Crippen LogP contribution in [0.4, 0.5) is 32.0 Å². The lowest BCUT2D eigenvalue weighted by Gasteiger charge is -2.43. The van der Waals surface area contributed by atoms with E-state index < -0.39 is 41.7 Å². The highest BCUT2D eigenvalue weighted by Gasteiger charge is 2.70. The highest BCUT2D eigenvalue weighted by molar-refractivity contribution is 14.1. The summed E-state index contributed by atoms with van der Waals surface area (Å²) in [4.78, 5) is 3.67. The molecule has 2 rings (SSSR count). The van der Waals surface area contributed by atoms with E-state index in [1.165, 1.54) is 18.3 Å². The smallest absolute Gasteiger partial charge is 0.383 e. The SMILES string of the molecule is CC(CI)C1(C(O)C(F)(F)F)C(C(F)(F)F)=NN(c2cccnc2)C1O. The quantitative estimate of drug-likeness (QED) is 0.382. The molecule has 0 saturated carbocycles. The van der Waals surface area contributed by atoms with Crippen molar-refractivity contribution in [1.29, 1.82) is 0 Å². The summed E-state index contributed by atoms with van der Waals surface area (Å²) in [7, 11) is 0. The zero-order valence-corrected chi connectivity index (χ0v) is 15.3. The van der Waals surface area contributed by atoms with Crippen molar-refractivity contribution in [3.8, 4) is 0 Å². The Hall–Kier alpha value is -1.15. The van der Waals surface area contributed by atoms with E-state index in [0.717, 1.165) is 13.1 Å². The Morgan fingerprint density at radius 2 is 1.92 bits per heavy atom. The molecule has 0 aromatic carbocycles. The molecule has 0 saturated heterocycles. The van der Waals surface area contributed by atoms with Crippen molar-refractivity contribution in [2.45, 2.75) is 31.6 Å². The molecule has 1 aromatic rings. The van der Waals surface area contributed by atoms with Crippen LogP contribution in [0.2, 0.25) is 0 Å². The monoisotopic (exact) mass is 497 g/mol. The molecule has 1 aliphatic rings. The van der Waals surface area contributed by atoms with Crippen LogP contribution in [-0.2, 0) is 0 Å². The van der Waals surface area contributed by atoms with Crippen LogP contribution in [0.3, 0.4) is 0 Å². The topological polar surface area (TPSA) is 69.0 Å². The molecule has 26 heavy (non-hydrogen) atoms. The number of aliphatic hydroxyl groups excluding tert-OH is 2. The average Bonchev–Trinajstić information content (AvgIpc) is 2.87. The van der Waals surface area contributed by atoms with Crippen molar-refractivity contribution >= 4 is 34.0 Å². The number of hydrogen-bond acceptors (Lipinski definition) is 5. The van der Waals surface area contributed by atoms with Crippen LogP contribution >= 0.6 is 22.6 Å². The van der Waals surface area contributed by atoms with Gasteiger partial charge in [-0.25, -0.2) is 5.01 Å². The Labute approximate surface area is 157 Å². The summed E-state index contributed by atoms with van der Waals surface area (Å²) >= 11 is 1.60. The van der Waals surface area contributed by atoms with Crippen LogP contribution in [0.5, 0.6) is 0 Å². The number of aliphatic hydroxyl groups is 2. The van der Waals surface area contributed by atoms with Crippen molar-refractivity contribution in [3.63, 3.8) is 0 Å². The lowest BCUT2D eigenvalue weighted by Crippen LogP contribution is -2.63. The Balaban J connectivity index is 2.74. The Kier molecular flexibility index (Phi) is 5.78. The second-order valence-corrected chi connectivity index (χ2v) is 6.69. The summed E-state index contributed by atoms with van der Waals surface area (Å²) in [6.45, 7) is 1.10.